The van der Waals surface area contributed by atoms with Gasteiger partial charge in [-0.25, -0.2) is 0 Å². The summed E-state index contributed by atoms with van der Waals surface area (Å²) in [6, 6.07) is 0. The van der Waals surface area contributed by atoms with E-state index in [0.29, 0.717) is 5.92 Å². The van der Waals surface area contributed by atoms with Gasteiger partial charge in [0.25, 0.3) is 0 Å². The molecular formula is C7H14O. The number of rotatable bonds is 2. The molecule has 48 valence electrons. The zero-order valence-electron chi connectivity index (χ0n) is 5.81. The Balaban J connectivity index is 3.72. The molecule has 0 aromatic carbocycles. The summed E-state index contributed by atoms with van der Waals surface area (Å²) in [5.74, 6) is 0.491. The molecule has 0 saturated heterocycles. The van der Waals surface area contributed by atoms with Crippen LogP contribution < -0.4 is 0 Å². The summed E-state index contributed by atoms with van der Waals surface area (Å²) >= 11 is 0. The number of aliphatic hydroxyl groups excluding tert-OH is 1. The lowest BCUT2D eigenvalue weighted by Crippen LogP contribution is -1.97. The summed E-state index contributed by atoms with van der Waals surface area (Å²) in [7, 11) is 0. The summed E-state index contributed by atoms with van der Waals surface area (Å²) in [6.07, 6.45) is 1.96. The van der Waals surface area contributed by atoms with Crippen molar-refractivity contribution in [1.82, 2.24) is 0 Å². The maximum Gasteiger partial charge on any atom is 0.0644 e. The molecule has 0 aliphatic carbocycles. The molecule has 0 aromatic heterocycles. The first-order valence-corrected chi connectivity index (χ1v) is 2.98. The predicted molar refractivity (Wildman–Crippen MR) is 35.7 cm³/mol. The van der Waals surface area contributed by atoms with Crippen LogP contribution in [0.15, 0.2) is 11.6 Å². The fourth-order valence-electron chi connectivity index (χ4n) is 0.607. The molecule has 0 heterocycles. The van der Waals surface area contributed by atoms with Crippen molar-refractivity contribution in [3.63, 3.8) is 0 Å². The lowest BCUT2D eigenvalue weighted by molar-refractivity contribution is 0.318. The second-order valence-corrected chi connectivity index (χ2v) is 2.18. The third-order valence-corrected chi connectivity index (χ3v) is 1.29. The topological polar surface area (TPSA) is 20.2 Å². The van der Waals surface area contributed by atoms with Crippen molar-refractivity contribution >= 4 is 0 Å². The molecule has 8 heavy (non-hydrogen) atoms. The van der Waals surface area contributed by atoms with E-state index in [4.69, 9.17) is 5.11 Å². The van der Waals surface area contributed by atoms with Crippen molar-refractivity contribution in [3.8, 4) is 0 Å². The molecular weight excluding hydrogens is 100 g/mol. The summed E-state index contributed by atoms with van der Waals surface area (Å²) < 4.78 is 0. The second kappa shape index (κ2) is 3.67. The molecule has 0 spiro atoms. The molecule has 0 fully saturated rings. The molecule has 0 unspecified atom stereocenters. The minimum absolute atomic E-state index is 0.203. The molecule has 0 amide bonds. The number of aliphatic hydroxyl groups is 1. The van der Waals surface area contributed by atoms with E-state index in [-0.39, 0.29) is 6.61 Å². The van der Waals surface area contributed by atoms with Gasteiger partial charge in [0.05, 0.1) is 6.61 Å². The maximum atomic E-state index is 8.63. The van der Waals surface area contributed by atoms with Crippen molar-refractivity contribution < 1.29 is 5.11 Å². The Bertz CT molecular complexity index is 82.4. The lowest BCUT2D eigenvalue weighted by atomic mass is 10.0. The van der Waals surface area contributed by atoms with Crippen LogP contribution in [0.2, 0.25) is 0 Å². The van der Waals surface area contributed by atoms with E-state index in [9.17, 15) is 0 Å². The van der Waals surface area contributed by atoms with Gasteiger partial charge in [0.2, 0.25) is 0 Å². The van der Waals surface area contributed by atoms with Crippen LogP contribution in [0.1, 0.15) is 20.8 Å². The number of hydrogen-bond donors (Lipinski definition) is 1. The van der Waals surface area contributed by atoms with Gasteiger partial charge in [0.1, 0.15) is 0 Å². The van der Waals surface area contributed by atoms with E-state index in [1.165, 1.54) is 0 Å². The smallest absolute Gasteiger partial charge is 0.0644 e. The van der Waals surface area contributed by atoms with Gasteiger partial charge in [-0.1, -0.05) is 19.9 Å². The van der Waals surface area contributed by atoms with Crippen LogP contribution in [0.4, 0.5) is 0 Å². The molecule has 0 aromatic rings. The molecule has 1 N–H and O–H groups in total. The summed E-state index contributed by atoms with van der Waals surface area (Å²) in [5, 5.41) is 8.63. The molecule has 0 saturated carbocycles. The molecule has 0 bridgehead atoms. The summed E-state index contributed by atoms with van der Waals surface area (Å²) in [6.45, 7) is 6.30. The first kappa shape index (κ1) is 7.70. The van der Waals surface area contributed by atoms with Gasteiger partial charge in [0.15, 0.2) is 0 Å². The van der Waals surface area contributed by atoms with Gasteiger partial charge >= 0.3 is 0 Å². The monoisotopic (exact) mass is 114 g/mol. The zero-order valence-corrected chi connectivity index (χ0v) is 5.81. The van der Waals surface area contributed by atoms with Crippen molar-refractivity contribution in [3.05, 3.63) is 11.6 Å². The fourth-order valence-corrected chi connectivity index (χ4v) is 0.607. The van der Waals surface area contributed by atoms with Crippen LogP contribution in [-0.2, 0) is 0 Å². The van der Waals surface area contributed by atoms with E-state index in [2.05, 4.69) is 13.8 Å². The Morgan fingerprint density at radius 1 is 1.62 bits per heavy atom. The molecule has 0 aliphatic heterocycles. The van der Waals surface area contributed by atoms with Crippen molar-refractivity contribution in [1.29, 1.82) is 0 Å². The fraction of sp³-hybridized carbons (Fsp3) is 0.714. The average molecular weight is 114 g/mol. The first-order chi connectivity index (χ1) is 3.72. The Morgan fingerprint density at radius 2 is 2.12 bits per heavy atom. The van der Waals surface area contributed by atoms with Crippen molar-refractivity contribution in [2.24, 2.45) is 5.92 Å². The molecule has 0 rings (SSSR count). The normalized spacial score (nSPS) is 12.9. The molecule has 1 heteroatoms. The van der Waals surface area contributed by atoms with Crippen LogP contribution in [0.25, 0.3) is 0 Å². The van der Waals surface area contributed by atoms with Gasteiger partial charge in [-0.3, -0.25) is 0 Å². The highest BCUT2D eigenvalue weighted by molar-refractivity contribution is 5.02. The largest absolute Gasteiger partial charge is 0.392 e. The van der Waals surface area contributed by atoms with Crippen LogP contribution in [0, 0.1) is 5.92 Å². The molecule has 0 radical (unpaired) electrons. The van der Waals surface area contributed by atoms with Gasteiger partial charge < -0.3 is 5.11 Å². The van der Waals surface area contributed by atoms with Gasteiger partial charge in [-0.2, -0.15) is 0 Å². The van der Waals surface area contributed by atoms with Crippen LogP contribution in [-0.4, -0.2) is 11.7 Å². The highest BCUT2D eigenvalue weighted by atomic mass is 16.3. The highest BCUT2D eigenvalue weighted by Crippen LogP contribution is 2.06. The van der Waals surface area contributed by atoms with Crippen LogP contribution in [0.5, 0.6) is 0 Å². The second-order valence-electron chi connectivity index (χ2n) is 2.18. The van der Waals surface area contributed by atoms with E-state index in [1.807, 2.05) is 13.0 Å². The Hall–Kier alpha value is -0.300. The van der Waals surface area contributed by atoms with E-state index < -0.39 is 0 Å². The SMILES string of the molecule is CC=C(CO)C(C)C. The first-order valence-electron chi connectivity index (χ1n) is 2.98. The minimum atomic E-state index is 0.203. The summed E-state index contributed by atoms with van der Waals surface area (Å²) in [4.78, 5) is 0. The van der Waals surface area contributed by atoms with Crippen molar-refractivity contribution in [2.45, 2.75) is 20.8 Å². The van der Waals surface area contributed by atoms with Crippen LogP contribution >= 0.6 is 0 Å². The van der Waals surface area contributed by atoms with Gasteiger partial charge in [-0.15, -0.1) is 0 Å². The quantitative estimate of drug-likeness (QED) is 0.540. The highest BCUT2D eigenvalue weighted by Gasteiger charge is 1.96. The lowest BCUT2D eigenvalue weighted by Gasteiger charge is -2.04. The third kappa shape index (κ3) is 2.12. The molecule has 0 atom stereocenters. The maximum absolute atomic E-state index is 8.63. The third-order valence-electron chi connectivity index (χ3n) is 1.29. The van der Waals surface area contributed by atoms with E-state index in [1.54, 1.807) is 0 Å². The number of allylic oxidation sites excluding steroid dienone is 1. The average Bonchev–Trinajstić information content (AvgIpc) is 1.69. The van der Waals surface area contributed by atoms with Gasteiger partial charge in [0, 0.05) is 0 Å². The van der Waals surface area contributed by atoms with Crippen LogP contribution in [0.3, 0.4) is 0 Å². The predicted octanol–water partition coefficient (Wildman–Crippen LogP) is 1.58. The van der Waals surface area contributed by atoms with E-state index in [0.717, 1.165) is 5.57 Å². The number of hydrogen-bond acceptors (Lipinski definition) is 1. The zero-order chi connectivity index (χ0) is 6.57. The Morgan fingerprint density at radius 3 is 2.12 bits per heavy atom. The molecule has 1 nitrogen and oxygen atoms in total. The summed E-state index contributed by atoms with van der Waals surface area (Å²) in [5.41, 5.74) is 1.12. The standard InChI is InChI=1S/C7H14O/c1-4-7(5-8)6(2)3/h4,6,8H,5H2,1-3H3. The van der Waals surface area contributed by atoms with E-state index >= 15 is 0 Å². The Kier molecular flexibility index (Phi) is 3.53. The molecule has 0 aliphatic rings. The van der Waals surface area contributed by atoms with Crippen molar-refractivity contribution in [2.75, 3.05) is 6.61 Å². The minimum Gasteiger partial charge on any atom is -0.392 e. The Labute approximate surface area is 51.0 Å². The van der Waals surface area contributed by atoms with Gasteiger partial charge in [-0.05, 0) is 18.4 Å².